The van der Waals surface area contributed by atoms with Crippen LogP contribution in [0.3, 0.4) is 0 Å². The van der Waals surface area contributed by atoms with Gasteiger partial charge in [0.1, 0.15) is 0 Å². The molecule has 0 aliphatic heterocycles. The third-order valence-corrected chi connectivity index (χ3v) is 3.97. The fourth-order valence-corrected chi connectivity index (χ4v) is 2.72. The Morgan fingerprint density at radius 3 is 2.58 bits per heavy atom. The van der Waals surface area contributed by atoms with Crippen molar-refractivity contribution in [3.8, 4) is 22.6 Å². The average molecular weight is 337 g/mol. The molecule has 0 unspecified atom stereocenters. The number of nitrogens with one attached hydrogen (secondary N) is 1. The van der Waals surface area contributed by atoms with Gasteiger partial charge in [0, 0.05) is 10.6 Å². The number of aromatic nitrogens is 6. The highest BCUT2D eigenvalue weighted by molar-refractivity contribution is 6.33. The van der Waals surface area contributed by atoms with E-state index in [4.69, 9.17) is 11.6 Å². The number of rotatable bonds is 4. The maximum atomic E-state index is 6.28. The second-order valence-electron chi connectivity index (χ2n) is 5.27. The Morgan fingerprint density at radius 2 is 1.75 bits per heavy atom. The summed E-state index contributed by atoms with van der Waals surface area (Å²) in [6.07, 6.45) is 1.68. The molecule has 0 fully saturated rings. The van der Waals surface area contributed by atoms with E-state index in [0.717, 1.165) is 22.4 Å². The van der Waals surface area contributed by atoms with Crippen LogP contribution in [0.2, 0.25) is 5.02 Å². The standard InChI is InChI=1S/C17H13ClN6/c18-15-9-5-4-8-13(15)16-14(10-19-20-16)17-21-23-24(22-17)11-12-6-2-1-3-7-12/h1-10H,11H2,(H,19,20). The zero-order chi connectivity index (χ0) is 16.4. The van der Waals surface area contributed by atoms with Gasteiger partial charge in [-0.1, -0.05) is 60.1 Å². The summed E-state index contributed by atoms with van der Waals surface area (Å²) in [5.74, 6) is 0.509. The summed E-state index contributed by atoms with van der Waals surface area (Å²) in [7, 11) is 0. The molecule has 0 saturated heterocycles. The van der Waals surface area contributed by atoms with Crippen molar-refractivity contribution < 1.29 is 0 Å². The molecule has 0 radical (unpaired) electrons. The van der Waals surface area contributed by atoms with E-state index in [9.17, 15) is 0 Å². The number of tetrazole rings is 1. The van der Waals surface area contributed by atoms with Gasteiger partial charge in [-0.25, -0.2) is 0 Å². The molecular weight excluding hydrogens is 324 g/mol. The molecule has 7 heteroatoms. The van der Waals surface area contributed by atoms with Gasteiger partial charge in [0.05, 0.1) is 24.0 Å². The van der Waals surface area contributed by atoms with Crippen molar-refractivity contribution in [1.82, 2.24) is 30.4 Å². The van der Waals surface area contributed by atoms with Gasteiger partial charge in [-0.05, 0) is 16.8 Å². The van der Waals surface area contributed by atoms with Crippen LogP contribution in [0, 0.1) is 0 Å². The normalized spacial score (nSPS) is 10.9. The molecule has 0 bridgehead atoms. The molecule has 6 nitrogen and oxygen atoms in total. The van der Waals surface area contributed by atoms with Crippen LogP contribution >= 0.6 is 11.6 Å². The van der Waals surface area contributed by atoms with Crippen LogP contribution in [0.1, 0.15) is 5.56 Å². The first kappa shape index (κ1) is 14.6. The van der Waals surface area contributed by atoms with Crippen molar-refractivity contribution >= 4 is 11.6 Å². The lowest BCUT2D eigenvalue weighted by Crippen LogP contribution is -2.03. The van der Waals surface area contributed by atoms with Crippen LogP contribution in [0.15, 0.2) is 60.8 Å². The van der Waals surface area contributed by atoms with Crippen molar-refractivity contribution in [3.05, 3.63) is 71.4 Å². The lowest BCUT2D eigenvalue weighted by atomic mass is 10.1. The zero-order valence-electron chi connectivity index (χ0n) is 12.6. The maximum Gasteiger partial charge on any atom is 0.208 e. The van der Waals surface area contributed by atoms with Gasteiger partial charge < -0.3 is 0 Å². The lowest BCUT2D eigenvalue weighted by Gasteiger charge is -2.02. The van der Waals surface area contributed by atoms with Crippen LogP contribution in [0.5, 0.6) is 0 Å². The predicted octanol–water partition coefficient (Wildman–Crippen LogP) is 3.43. The maximum absolute atomic E-state index is 6.28. The molecule has 118 valence electrons. The minimum absolute atomic E-state index is 0.509. The minimum atomic E-state index is 0.509. The quantitative estimate of drug-likeness (QED) is 0.619. The molecule has 2 aromatic heterocycles. The SMILES string of the molecule is Clc1ccccc1-c1[nH]ncc1-c1nnn(Cc2ccccc2)n1. The number of benzene rings is 2. The van der Waals surface area contributed by atoms with Gasteiger partial charge in [-0.3, -0.25) is 5.10 Å². The van der Waals surface area contributed by atoms with E-state index in [1.54, 1.807) is 11.0 Å². The summed E-state index contributed by atoms with van der Waals surface area (Å²) in [6.45, 7) is 0.563. The molecule has 2 aromatic carbocycles. The molecule has 24 heavy (non-hydrogen) atoms. The van der Waals surface area contributed by atoms with Crippen LogP contribution in [0.25, 0.3) is 22.6 Å². The number of aromatic amines is 1. The van der Waals surface area contributed by atoms with Gasteiger partial charge in [0.15, 0.2) is 0 Å². The molecule has 4 rings (SSSR count). The number of hydrogen-bond acceptors (Lipinski definition) is 4. The van der Waals surface area contributed by atoms with Crippen LogP contribution in [-0.4, -0.2) is 30.4 Å². The van der Waals surface area contributed by atoms with E-state index < -0.39 is 0 Å². The highest BCUT2D eigenvalue weighted by Gasteiger charge is 2.16. The molecule has 1 N–H and O–H groups in total. The van der Waals surface area contributed by atoms with Crippen molar-refractivity contribution in [1.29, 1.82) is 0 Å². The van der Waals surface area contributed by atoms with Crippen LogP contribution in [0.4, 0.5) is 0 Å². The smallest absolute Gasteiger partial charge is 0.208 e. The lowest BCUT2D eigenvalue weighted by molar-refractivity contribution is 0.573. The second kappa shape index (κ2) is 6.25. The Kier molecular flexibility index (Phi) is 3.80. The minimum Gasteiger partial charge on any atom is -0.277 e. The summed E-state index contributed by atoms with van der Waals surface area (Å²) in [4.78, 5) is 1.56. The second-order valence-corrected chi connectivity index (χ2v) is 5.67. The van der Waals surface area contributed by atoms with E-state index in [-0.39, 0.29) is 0 Å². The first-order chi connectivity index (χ1) is 11.8. The first-order valence-electron chi connectivity index (χ1n) is 7.41. The van der Waals surface area contributed by atoms with E-state index in [0.29, 0.717) is 17.4 Å². The van der Waals surface area contributed by atoms with Gasteiger partial charge in [0.25, 0.3) is 0 Å². The predicted molar refractivity (Wildman–Crippen MR) is 91.4 cm³/mol. The third kappa shape index (κ3) is 2.79. The van der Waals surface area contributed by atoms with Gasteiger partial charge in [-0.15, -0.1) is 10.2 Å². The first-order valence-corrected chi connectivity index (χ1v) is 7.79. The molecule has 0 spiro atoms. The largest absolute Gasteiger partial charge is 0.277 e. The summed E-state index contributed by atoms with van der Waals surface area (Å²) in [5.41, 5.74) is 3.51. The fraction of sp³-hybridized carbons (Fsp3) is 0.0588. The van der Waals surface area contributed by atoms with E-state index in [1.807, 2.05) is 54.6 Å². The molecule has 0 atom stereocenters. The van der Waals surface area contributed by atoms with Crippen molar-refractivity contribution in [2.45, 2.75) is 6.54 Å². The average Bonchev–Trinajstić information content (AvgIpc) is 3.25. The van der Waals surface area contributed by atoms with Gasteiger partial charge in [-0.2, -0.15) is 9.90 Å². The highest BCUT2D eigenvalue weighted by Crippen LogP contribution is 2.32. The van der Waals surface area contributed by atoms with Crippen LogP contribution < -0.4 is 0 Å². The molecule has 0 amide bonds. The molecule has 0 aliphatic carbocycles. The van der Waals surface area contributed by atoms with E-state index in [2.05, 4.69) is 25.6 Å². The van der Waals surface area contributed by atoms with E-state index >= 15 is 0 Å². The van der Waals surface area contributed by atoms with Crippen molar-refractivity contribution in [3.63, 3.8) is 0 Å². The van der Waals surface area contributed by atoms with Crippen molar-refractivity contribution in [2.24, 2.45) is 0 Å². The van der Waals surface area contributed by atoms with Gasteiger partial charge >= 0.3 is 0 Å². The topological polar surface area (TPSA) is 72.3 Å². The molecular formula is C17H13ClN6. The summed E-state index contributed by atoms with van der Waals surface area (Å²) in [6, 6.07) is 17.6. The van der Waals surface area contributed by atoms with Crippen molar-refractivity contribution in [2.75, 3.05) is 0 Å². The number of halogens is 1. The molecule has 0 saturated carbocycles. The molecule has 0 aliphatic rings. The summed E-state index contributed by atoms with van der Waals surface area (Å²) >= 11 is 6.28. The Morgan fingerprint density at radius 1 is 0.958 bits per heavy atom. The monoisotopic (exact) mass is 336 g/mol. The number of H-pyrrole nitrogens is 1. The third-order valence-electron chi connectivity index (χ3n) is 3.64. The highest BCUT2D eigenvalue weighted by atomic mass is 35.5. The number of hydrogen-bond donors (Lipinski definition) is 1. The Hall–Kier alpha value is -2.99. The fourth-order valence-electron chi connectivity index (χ4n) is 2.49. The Bertz CT molecular complexity index is 960. The van der Waals surface area contributed by atoms with E-state index in [1.165, 1.54) is 0 Å². The van der Waals surface area contributed by atoms with Crippen LogP contribution in [-0.2, 0) is 6.54 Å². The number of nitrogens with zero attached hydrogens (tertiary/aromatic N) is 5. The Balaban J connectivity index is 1.67. The molecule has 2 heterocycles. The summed E-state index contributed by atoms with van der Waals surface area (Å²) < 4.78 is 0. The Labute approximate surface area is 143 Å². The zero-order valence-corrected chi connectivity index (χ0v) is 13.4. The van der Waals surface area contributed by atoms with Gasteiger partial charge in [0.2, 0.25) is 5.82 Å². The molecule has 4 aromatic rings. The summed E-state index contributed by atoms with van der Waals surface area (Å²) in [5, 5.41) is 20.4.